The first kappa shape index (κ1) is 22.4. The van der Waals surface area contributed by atoms with Gasteiger partial charge in [0.1, 0.15) is 11.2 Å². The van der Waals surface area contributed by atoms with Gasteiger partial charge in [0.25, 0.3) is 11.8 Å². The van der Waals surface area contributed by atoms with E-state index >= 15 is 0 Å². The van der Waals surface area contributed by atoms with Crippen molar-refractivity contribution in [1.29, 1.82) is 0 Å². The summed E-state index contributed by atoms with van der Waals surface area (Å²) >= 11 is 1.66. The van der Waals surface area contributed by atoms with Crippen LogP contribution in [0.5, 0.6) is 0 Å². The minimum absolute atomic E-state index is 0.160. The van der Waals surface area contributed by atoms with Gasteiger partial charge in [-0.2, -0.15) is 5.10 Å². The van der Waals surface area contributed by atoms with Crippen LogP contribution >= 0.6 is 11.8 Å². The maximum absolute atomic E-state index is 13.1. The standard InChI is InChI=1S/C23H29N5O3S/c1-23(22(31)25-16-6-4-5-7-16)14-28-19(21(30)27(23)2)12-18(26-28)20(29)24-13-15-8-10-17(32-3)11-9-15/h8-12,16H,4-7,13-14H2,1-3H3,(H,24,29)(H,25,31). The van der Waals surface area contributed by atoms with Crippen molar-refractivity contribution in [2.45, 2.75) is 62.2 Å². The van der Waals surface area contributed by atoms with Crippen LogP contribution in [0.3, 0.4) is 0 Å². The van der Waals surface area contributed by atoms with Crippen molar-refractivity contribution in [2.75, 3.05) is 13.3 Å². The van der Waals surface area contributed by atoms with Crippen LogP contribution in [0, 0.1) is 0 Å². The number of amides is 3. The molecule has 2 N–H and O–H groups in total. The zero-order valence-electron chi connectivity index (χ0n) is 18.7. The van der Waals surface area contributed by atoms with E-state index in [9.17, 15) is 14.4 Å². The minimum atomic E-state index is -1.06. The molecule has 2 heterocycles. The van der Waals surface area contributed by atoms with Crippen LogP contribution in [0.1, 0.15) is 59.1 Å². The molecule has 9 heteroatoms. The van der Waals surface area contributed by atoms with Gasteiger partial charge < -0.3 is 15.5 Å². The molecular formula is C23H29N5O3S. The SMILES string of the molecule is CSc1ccc(CNC(=O)c2cc3n(n2)CC(C)(C(=O)NC2CCCC2)N(C)C3=O)cc1. The number of fused-ring (bicyclic) bond motifs is 1. The van der Waals surface area contributed by atoms with E-state index < -0.39 is 5.54 Å². The second-order valence-corrected chi connectivity index (χ2v) is 9.58. The highest BCUT2D eigenvalue weighted by Crippen LogP contribution is 2.27. The van der Waals surface area contributed by atoms with E-state index in [0.717, 1.165) is 36.1 Å². The summed E-state index contributed by atoms with van der Waals surface area (Å²) in [6, 6.07) is 9.61. The number of benzene rings is 1. The average molecular weight is 456 g/mol. The topological polar surface area (TPSA) is 96.3 Å². The van der Waals surface area contributed by atoms with Gasteiger partial charge in [-0.25, -0.2) is 0 Å². The van der Waals surface area contributed by atoms with E-state index in [2.05, 4.69) is 15.7 Å². The third-order valence-electron chi connectivity index (χ3n) is 6.53. The Labute approximate surface area is 192 Å². The quantitative estimate of drug-likeness (QED) is 0.653. The molecule has 0 bridgehead atoms. The number of nitrogens with one attached hydrogen (secondary N) is 2. The number of thioether (sulfide) groups is 1. The summed E-state index contributed by atoms with van der Waals surface area (Å²) in [6.45, 7) is 2.31. The maximum atomic E-state index is 13.1. The number of nitrogens with zero attached hydrogens (tertiary/aromatic N) is 3. The molecule has 1 unspecified atom stereocenters. The summed E-state index contributed by atoms with van der Waals surface area (Å²) < 4.78 is 1.48. The fraction of sp³-hybridized carbons (Fsp3) is 0.478. The molecule has 4 rings (SSSR count). The van der Waals surface area contributed by atoms with E-state index in [-0.39, 0.29) is 36.0 Å². The summed E-state index contributed by atoms with van der Waals surface area (Å²) in [5.74, 6) is -0.853. The third kappa shape index (κ3) is 4.26. The lowest BCUT2D eigenvalue weighted by Gasteiger charge is -2.41. The van der Waals surface area contributed by atoms with Gasteiger partial charge in [-0.05, 0) is 43.7 Å². The fourth-order valence-corrected chi connectivity index (χ4v) is 4.67. The number of carbonyl (C=O) groups is 3. The molecule has 1 saturated carbocycles. The molecule has 3 amide bonds. The monoisotopic (exact) mass is 455 g/mol. The fourth-order valence-electron chi connectivity index (χ4n) is 4.27. The molecule has 0 radical (unpaired) electrons. The van der Waals surface area contributed by atoms with Gasteiger partial charge >= 0.3 is 0 Å². The highest BCUT2D eigenvalue weighted by molar-refractivity contribution is 7.98. The van der Waals surface area contributed by atoms with Gasteiger partial charge in [-0.3, -0.25) is 19.1 Å². The Morgan fingerprint density at radius 3 is 2.56 bits per heavy atom. The lowest BCUT2D eigenvalue weighted by atomic mass is 9.95. The van der Waals surface area contributed by atoms with Crippen molar-refractivity contribution < 1.29 is 14.4 Å². The summed E-state index contributed by atoms with van der Waals surface area (Å²) in [6.07, 6.45) is 6.17. The second-order valence-electron chi connectivity index (χ2n) is 8.70. The van der Waals surface area contributed by atoms with Crippen molar-refractivity contribution in [3.05, 3.63) is 47.3 Å². The molecule has 0 saturated heterocycles. The molecule has 1 aliphatic carbocycles. The summed E-state index contributed by atoms with van der Waals surface area (Å²) in [5, 5.41) is 10.3. The number of aromatic nitrogens is 2. The predicted octanol–water partition coefficient (Wildman–Crippen LogP) is 2.44. The predicted molar refractivity (Wildman–Crippen MR) is 123 cm³/mol. The highest BCUT2D eigenvalue weighted by Gasteiger charge is 2.46. The maximum Gasteiger partial charge on any atom is 0.272 e. The van der Waals surface area contributed by atoms with Crippen LogP contribution < -0.4 is 10.6 Å². The number of hydrogen-bond acceptors (Lipinski definition) is 5. The zero-order chi connectivity index (χ0) is 22.9. The first-order chi connectivity index (χ1) is 15.3. The van der Waals surface area contributed by atoms with Crippen LogP contribution in [-0.4, -0.2) is 57.3 Å². The Bertz CT molecular complexity index is 1030. The Hall–Kier alpha value is -2.81. The number of carbonyl (C=O) groups excluding carboxylic acids is 3. The molecule has 0 spiro atoms. The Morgan fingerprint density at radius 2 is 1.91 bits per heavy atom. The Morgan fingerprint density at radius 1 is 1.22 bits per heavy atom. The van der Waals surface area contributed by atoms with Gasteiger partial charge in [0.15, 0.2) is 5.69 Å². The third-order valence-corrected chi connectivity index (χ3v) is 7.27. The van der Waals surface area contributed by atoms with Crippen LogP contribution in [-0.2, 0) is 17.9 Å². The molecule has 1 aromatic heterocycles. The lowest BCUT2D eigenvalue weighted by molar-refractivity contribution is -0.133. The molecule has 1 aliphatic heterocycles. The zero-order valence-corrected chi connectivity index (χ0v) is 19.5. The van der Waals surface area contributed by atoms with E-state index in [1.807, 2.05) is 30.5 Å². The van der Waals surface area contributed by atoms with Crippen molar-refractivity contribution >= 4 is 29.5 Å². The largest absolute Gasteiger partial charge is 0.351 e. The summed E-state index contributed by atoms with van der Waals surface area (Å²) in [4.78, 5) is 41.4. The van der Waals surface area contributed by atoms with Crippen molar-refractivity contribution in [2.24, 2.45) is 0 Å². The number of likely N-dealkylation sites (N-methyl/N-ethyl adjacent to an activating group) is 1. The average Bonchev–Trinajstić information content (AvgIpc) is 3.46. The smallest absolute Gasteiger partial charge is 0.272 e. The molecule has 1 aromatic carbocycles. The first-order valence-electron chi connectivity index (χ1n) is 10.9. The van der Waals surface area contributed by atoms with Crippen LogP contribution in [0.25, 0.3) is 0 Å². The lowest BCUT2D eigenvalue weighted by Crippen LogP contribution is -2.63. The van der Waals surface area contributed by atoms with Crippen LogP contribution in [0.4, 0.5) is 0 Å². The number of rotatable bonds is 6. The molecule has 32 heavy (non-hydrogen) atoms. The molecule has 170 valence electrons. The van der Waals surface area contributed by atoms with Crippen molar-refractivity contribution in [1.82, 2.24) is 25.3 Å². The van der Waals surface area contributed by atoms with Crippen LogP contribution in [0.15, 0.2) is 35.2 Å². The highest BCUT2D eigenvalue weighted by atomic mass is 32.2. The molecule has 1 atom stereocenters. The Kier molecular flexibility index (Phi) is 6.28. The second kappa shape index (κ2) is 8.97. The molecular weight excluding hydrogens is 426 g/mol. The normalized spacial score (nSPS) is 20.8. The van der Waals surface area contributed by atoms with E-state index in [0.29, 0.717) is 12.2 Å². The summed E-state index contributed by atoms with van der Waals surface area (Å²) in [7, 11) is 1.63. The van der Waals surface area contributed by atoms with Gasteiger partial charge in [0, 0.05) is 30.6 Å². The number of hydrogen-bond donors (Lipinski definition) is 2. The van der Waals surface area contributed by atoms with E-state index in [1.54, 1.807) is 25.7 Å². The molecule has 2 aliphatic rings. The van der Waals surface area contributed by atoms with Crippen molar-refractivity contribution in [3.63, 3.8) is 0 Å². The molecule has 2 aromatic rings. The van der Waals surface area contributed by atoms with E-state index in [1.165, 1.54) is 15.6 Å². The van der Waals surface area contributed by atoms with Crippen molar-refractivity contribution in [3.8, 4) is 0 Å². The van der Waals surface area contributed by atoms with E-state index in [4.69, 9.17) is 0 Å². The molecule has 8 nitrogen and oxygen atoms in total. The minimum Gasteiger partial charge on any atom is -0.351 e. The van der Waals surface area contributed by atoms with Gasteiger partial charge in [0.2, 0.25) is 5.91 Å². The van der Waals surface area contributed by atoms with Gasteiger partial charge in [-0.15, -0.1) is 11.8 Å². The first-order valence-corrected chi connectivity index (χ1v) is 12.1. The van der Waals surface area contributed by atoms with Gasteiger partial charge in [-0.1, -0.05) is 25.0 Å². The van der Waals surface area contributed by atoms with Crippen LogP contribution in [0.2, 0.25) is 0 Å². The summed E-state index contributed by atoms with van der Waals surface area (Å²) in [5.41, 5.74) is 0.397. The van der Waals surface area contributed by atoms with Gasteiger partial charge in [0.05, 0.1) is 6.54 Å². The Balaban J connectivity index is 1.46. The molecule has 1 fully saturated rings.